The van der Waals surface area contributed by atoms with Gasteiger partial charge in [0, 0.05) is 6.54 Å². The lowest BCUT2D eigenvalue weighted by molar-refractivity contribution is 0.874. The van der Waals surface area contributed by atoms with Crippen LogP contribution in [0.2, 0.25) is 0 Å². The van der Waals surface area contributed by atoms with Gasteiger partial charge in [0.1, 0.15) is 5.69 Å². The Morgan fingerprint density at radius 1 is 1.38 bits per heavy atom. The fraction of sp³-hybridized carbons (Fsp3) is 0.167. The normalized spacial score (nSPS) is 10.1. The van der Waals surface area contributed by atoms with Gasteiger partial charge in [0.05, 0.1) is 5.69 Å². The molecule has 0 aliphatic rings. The van der Waals surface area contributed by atoms with E-state index in [9.17, 15) is 0 Å². The van der Waals surface area contributed by atoms with E-state index in [-0.39, 0.29) is 0 Å². The van der Waals surface area contributed by atoms with Crippen molar-refractivity contribution in [2.24, 2.45) is 5.73 Å². The summed E-state index contributed by atoms with van der Waals surface area (Å²) in [6.45, 7) is 9.47. The summed E-state index contributed by atoms with van der Waals surface area (Å²) in [7, 11) is 0. The lowest BCUT2D eigenvalue weighted by atomic mass is 10.2. The second-order valence-corrected chi connectivity index (χ2v) is 3.54. The SMILES string of the molecule is [C-]#[N+]c1cc(C)nn1-c1ccc(CN)cc1. The molecule has 1 aromatic heterocycles. The standard InChI is InChI=1S/C12H12N4/c1-9-7-12(14-2)16(15-9)11-5-3-10(8-13)4-6-11/h3-7H,8,13H2,1H3. The van der Waals surface area contributed by atoms with Crippen molar-refractivity contribution < 1.29 is 0 Å². The molecule has 0 amide bonds. The highest BCUT2D eigenvalue weighted by Crippen LogP contribution is 2.19. The second-order valence-electron chi connectivity index (χ2n) is 3.54. The third-order valence-corrected chi connectivity index (χ3v) is 2.34. The van der Waals surface area contributed by atoms with Crippen molar-refractivity contribution >= 4 is 5.82 Å². The lowest BCUT2D eigenvalue weighted by Gasteiger charge is -2.00. The van der Waals surface area contributed by atoms with Crippen LogP contribution in [-0.2, 0) is 6.54 Å². The topological polar surface area (TPSA) is 48.2 Å². The van der Waals surface area contributed by atoms with Gasteiger partial charge in [-0.2, -0.15) is 4.68 Å². The van der Waals surface area contributed by atoms with E-state index in [1.165, 1.54) is 0 Å². The molecule has 0 saturated heterocycles. The number of hydrogen-bond donors (Lipinski definition) is 1. The Labute approximate surface area is 94.1 Å². The van der Waals surface area contributed by atoms with Crippen molar-refractivity contribution in [1.29, 1.82) is 0 Å². The van der Waals surface area contributed by atoms with Gasteiger partial charge in [-0.25, -0.2) is 0 Å². The predicted molar refractivity (Wildman–Crippen MR) is 62.5 cm³/mol. The zero-order chi connectivity index (χ0) is 11.5. The molecular formula is C12H12N4. The minimum atomic E-state index is 0.522. The zero-order valence-corrected chi connectivity index (χ0v) is 9.01. The third-order valence-electron chi connectivity index (χ3n) is 2.34. The summed E-state index contributed by atoms with van der Waals surface area (Å²) >= 11 is 0. The quantitative estimate of drug-likeness (QED) is 0.776. The van der Waals surface area contributed by atoms with Gasteiger partial charge in [0.15, 0.2) is 0 Å². The van der Waals surface area contributed by atoms with Crippen LogP contribution in [0.25, 0.3) is 10.5 Å². The van der Waals surface area contributed by atoms with E-state index in [0.29, 0.717) is 12.4 Å². The fourth-order valence-corrected chi connectivity index (χ4v) is 1.53. The number of hydrogen-bond acceptors (Lipinski definition) is 2. The Morgan fingerprint density at radius 3 is 2.62 bits per heavy atom. The minimum absolute atomic E-state index is 0.522. The summed E-state index contributed by atoms with van der Waals surface area (Å²) < 4.78 is 1.64. The van der Waals surface area contributed by atoms with E-state index in [4.69, 9.17) is 12.3 Å². The van der Waals surface area contributed by atoms with E-state index in [0.717, 1.165) is 16.9 Å². The zero-order valence-electron chi connectivity index (χ0n) is 9.01. The first-order valence-corrected chi connectivity index (χ1v) is 4.98. The summed E-state index contributed by atoms with van der Waals surface area (Å²) in [4.78, 5) is 3.44. The summed E-state index contributed by atoms with van der Waals surface area (Å²) in [5.74, 6) is 0.526. The van der Waals surface area contributed by atoms with E-state index < -0.39 is 0 Å². The van der Waals surface area contributed by atoms with E-state index in [1.807, 2.05) is 31.2 Å². The van der Waals surface area contributed by atoms with Crippen LogP contribution in [0.4, 0.5) is 5.82 Å². The first-order valence-electron chi connectivity index (χ1n) is 4.98. The van der Waals surface area contributed by atoms with Gasteiger partial charge in [-0.15, -0.1) is 5.10 Å². The van der Waals surface area contributed by atoms with E-state index in [1.54, 1.807) is 10.7 Å². The minimum Gasteiger partial charge on any atom is -0.362 e. The van der Waals surface area contributed by atoms with Crippen LogP contribution in [0, 0.1) is 13.5 Å². The van der Waals surface area contributed by atoms with E-state index >= 15 is 0 Å². The number of benzene rings is 1. The molecule has 4 nitrogen and oxygen atoms in total. The number of rotatable bonds is 2. The van der Waals surface area contributed by atoms with Gasteiger partial charge in [-0.1, -0.05) is 18.7 Å². The number of nitrogens with zero attached hydrogens (tertiary/aromatic N) is 3. The van der Waals surface area contributed by atoms with Crippen molar-refractivity contribution in [3.8, 4) is 5.69 Å². The van der Waals surface area contributed by atoms with Crippen LogP contribution >= 0.6 is 0 Å². The third kappa shape index (κ3) is 1.81. The molecule has 16 heavy (non-hydrogen) atoms. The molecule has 4 heteroatoms. The molecule has 0 atom stereocenters. The smallest absolute Gasteiger partial charge is 0.257 e. The molecule has 0 spiro atoms. The maximum absolute atomic E-state index is 7.07. The summed E-state index contributed by atoms with van der Waals surface area (Å²) in [5.41, 5.74) is 8.32. The van der Waals surface area contributed by atoms with Crippen LogP contribution in [0.3, 0.4) is 0 Å². The number of nitrogens with two attached hydrogens (primary N) is 1. The van der Waals surface area contributed by atoms with Gasteiger partial charge >= 0.3 is 0 Å². The van der Waals surface area contributed by atoms with Gasteiger partial charge in [-0.3, -0.25) is 0 Å². The Balaban J connectivity index is 2.46. The molecule has 0 saturated carbocycles. The molecule has 1 aromatic carbocycles. The number of aryl methyl sites for hydroxylation is 1. The summed E-state index contributed by atoms with van der Waals surface area (Å²) in [6, 6.07) is 9.50. The highest BCUT2D eigenvalue weighted by atomic mass is 15.3. The van der Waals surface area contributed by atoms with Crippen LogP contribution in [0.1, 0.15) is 11.3 Å². The molecule has 0 unspecified atom stereocenters. The molecule has 0 aliphatic heterocycles. The maximum atomic E-state index is 7.07. The molecule has 0 bridgehead atoms. The predicted octanol–water partition coefficient (Wildman–Crippen LogP) is 2.19. The first kappa shape index (κ1) is 10.4. The molecule has 2 N–H and O–H groups in total. The second kappa shape index (κ2) is 4.17. The average Bonchev–Trinajstić information content (AvgIpc) is 2.70. The van der Waals surface area contributed by atoms with Crippen LogP contribution in [-0.4, -0.2) is 9.78 Å². The summed E-state index contributed by atoms with van der Waals surface area (Å²) in [5, 5.41) is 4.28. The van der Waals surface area contributed by atoms with Crippen LogP contribution in [0.5, 0.6) is 0 Å². The Kier molecular flexibility index (Phi) is 2.71. The summed E-state index contributed by atoms with van der Waals surface area (Å²) in [6.07, 6.45) is 0. The van der Waals surface area contributed by atoms with Crippen LogP contribution < -0.4 is 5.73 Å². The molecular weight excluding hydrogens is 200 g/mol. The van der Waals surface area contributed by atoms with E-state index in [2.05, 4.69) is 9.94 Å². The molecule has 2 aromatic rings. The molecule has 80 valence electrons. The highest BCUT2D eigenvalue weighted by molar-refractivity contribution is 5.47. The maximum Gasteiger partial charge on any atom is 0.257 e. The van der Waals surface area contributed by atoms with Crippen LogP contribution in [0.15, 0.2) is 30.3 Å². The molecule has 1 heterocycles. The van der Waals surface area contributed by atoms with Gasteiger partial charge in [0.2, 0.25) is 0 Å². The largest absolute Gasteiger partial charge is 0.362 e. The van der Waals surface area contributed by atoms with Gasteiger partial charge in [-0.05, 0) is 30.7 Å². The van der Waals surface area contributed by atoms with Gasteiger partial charge in [0.25, 0.3) is 5.82 Å². The lowest BCUT2D eigenvalue weighted by Crippen LogP contribution is -1.99. The van der Waals surface area contributed by atoms with Crippen molar-refractivity contribution in [1.82, 2.24) is 9.78 Å². The fourth-order valence-electron chi connectivity index (χ4n) is 1.53. The molecule has 0 radical (unpaired) electrons. The molecule has 0 fully saturated rings. The van der Waals surface area contributed by atoms with Crippen molar-refractivity contribution in [2.75, 3.05) is 0 Å². The first-order chi connectivity index (χ1) is 7.74. The average molecular weight is 212 g/mol. The Bertz CT molecular complexity index is 531. The van der Waals surface area contributed by atoms with Gasteiger partial charge < -0.3 is 10.6 Å². The monoisotopic (exact) mass is 212 g/mol. The van der Waals surface area contributed by atoms with Crippen molar-refractivity contribution in [2.45, 2.75) is 13.5 Å². The highest BCUT2D eigenvalue weighted by Gasteiger charge is 2.08. The van der Waals surface area contributed by atoms with Crippen molar-refractivity contribution in [3.05, 3.63) is 53.0 Å². The number of aromatic nitrogens is 2. The molecule has 2 rings (SSSR count). The Morgan fingerprint density at radius 2 is 2.06 bits per heavy atom. The van der Waals surface area contributed by atoms with Crippen molar-refractivity contribution in [3.63, 3.8) is 0 Å². The molecule has 0 aliphatic carbocycles. The Hall–Kier alpha value is -2.12.